The normalized spacial score (nSPS) is 17.0. The topological polar surface area (TPSA) is 85.2 Å². The van der Waals surface area contributed by atoms with Gasteiger partial charge in [0.1, 0.15) is 17.4 Å². The Hall–Kier alpha value is -3.16. The molecule has 3 heterocycles. The quantitative estimate of drug-likeness (QED) is 0.733. The molecule has 1 saturated heterocycles. The molecule has 1 amide bonds. The van der Waals surface area contributed by atoms with Crippen LogP contribution in [0.3, 0.4) is 0 Å². The number of hydrogen-bond donors (Lipinski definition) is 1. The van der Waals surface area contributed by atoms with Crippen molar-refractivity contribution in [2.75, 3.05) is 23.9 Å². The Morgan fingerprint density at radius 2 is 2.04 bits per heavy atom. The van der Waals surface area contributed by atoms with Crippen LogP contribution in [0.2, 0.25) is 0 Å². The van der Waals surface area contributed by atoms with E-state index in [1.54, 1.807) is 22.9 Å². The van der Waals surface area contributed by atoms with Crippen molar-refractivity contribution in [2.45, 2.75) is 32.2 Å². The first kappa shape index (κ1) is 18.2. The third kappa shape index (κ3) is 3.15. The van der Waals surface area contributed by atoms with Crippen LogP contribution in [-0.4, -0.2) is 45.4 Å². The summed E-state index contributed by atoms with van der Waals surface area (Å²) in [6.07, 6.45) is 2.15. The van der Waals surface area contributed by atoms with Gasteiger partial charge in [-0.25, -0.2) is 9.97 Å². The third-order valence-electron chi connectivity index (χ3n) is 4.97. The van der Waals surface area contributed by atoms with E-state index in [1.807, 2.05) is 31.3 Å². The molecule has 146 valence electrons. The number of benzene rings is 1. The van der Waals surface area contributed by atoms with Crippen LogP contribution in [0, 0.1) is 0 Å². The van der Waals surface area contributed by atoms with E-state index in [2.05, 4.69) is 29.2 Å². The van der Waals surface area contributed by atoms with Gasteiger partial charge in [-0.05, 0) is 12.1 Å². The first-order valence-corrected chi connectivity index (χ1v) is 9.37. The molecule has 1 atom stereocenters. The lowest BCUT2D eigenvalue weighted by Crippen LogP contribution is -2.28. The Balaban J connectivity index is 1.63. The van der Waals surface area contributed by atoms with Gasteiger partial charge in [0.15, 0.2) is 5.65 Å². The van der Waals surface area contributed by atoms with E-state index in [-0.39, 0.29) is 17.9 Å². The summed E-state index contributed by atoms with van der Waals surface area (Å²) >= 11 is 0. The summed E-state index contributed by atoms with van der Waals surface area (Å²) in [5.74, 6) is 2.42. The van der Waals surface area contributed by atoms with Gasteiger partial charge >= 0.3 is 0 Å². The number of aromatic nitrogens is 4. The molecule has 0 bridgehead atoms. The number of methoxy groups -OCH3 is 1. The highest BCUT2D eigenvalue weighted by Gasteiger charge is 2.32. The summed E-state index contributed by atoms with van der Waals surface area (Å²) < 4.78 is 7.16. The van der Waals surface area contributed by atoms with E-state index >= 15 is 0 Å². The molecule has 1 aromatic carbocycles. The summed E-state index contributed by atoms with van der Waals surface area (Å²) in [6, 6.07) is 7.51. The number of anilines is 2. The number of nitrogens with zero attached hydrogens (tertiary/aromatic N) is 5. The van der Waals surface area contributed by atoms with Crippen molar-refractivity contribution in [3.8, 4) is 5.75 Å². The smallest absolute Gasteiger partial charge is 0.229 e. The van der Waals surface area contributed by atoms with E-state index < -0.39 is 0 Å². The summed E-state index contributed by atoms with van der Waals surface area (Å²) in [5, 5.41) is 8.62. The van der Waals surface area contributed by atoms with Crippen molar-refractivity contribution in [2.24, 2.45) is 7.05 Å². The molecule has 28 heavy (non-hydrogen) atoms. The highest BCUT2D eigenvalue weighted by Crippen LogP contribution is 2.32. The highest BCUT2D eigenvalue weighted by molar-refractivity contribution is 5.98. The summed E-state index contributed by atoms with van der Waals surface area (Å²) in [6.45, 7) is 4.66. The van der Waals surface area contributed by atoms with Crippen LogP contribution in [0.25, 0.3) is 11.0 Å². The number of fused-ring (bicyclic) bond motifs is 1. The maximum absolute atomic E-state index is 12.7. The van der Waals surface area contributed by atoms with Crippen LogP contribution in [0.4, 0.5) is 11.5 Å². The summed E-state index contributed by atoms with van der Waals surface area (Å²) in [5.41, 5.74) is 1.57. The van der Waals surface area contributed by atoms with Gasteiger partial charge < -0.3 is 15.0 Å². The Morgan fingerprint density at radius 1 is 1.25 bits per heavy atom. The SMILES string of the molecule is COc1ccccc1N1C[C@H](Nc2nc(C(C)C)nc3c2cnn3C)CC1=O. The number of carbonyl (C=O) groups is 1. The number of nitrogens with one attached hydrogen (secondary N) is 1. The standard InChI is InChI=1S/C20H24N6O2/c1-12(2)18-23-19(14-10-21-25(3)20(14)24-18)22-13-9-17(27)26(11-13)15-7-5-6-8-16(15)28-4/h5-8,10,12-13H,9,11H2,1-4H3,(H,22,23,24)/t13-/m1/s1. The molecular weight excluding hydrogens is 356 g/mol. The molecule has 1 aliphatic heterocycles. The maximum Gasteiger partial charge on any atom is 0.229 e. The van der Waals surface area contributed by atoms with E-state index in [4.69, 9.17) is 9.72 Å². The molecule has 8 nitrogen and oxygen atoms in total. The second kappa shape index (κ2) is 7.10. The van der Waals surface area contributed by atoms with Crippen LogP contribution < -0.4 is 15.0 Å². The van der Waals surface area contributed by atoms with Crippen molar-refractivity contribution in [1.82, 2.24) is 19.7 Å². The fourth-order valence-electron chi connectivity index (χ4n) is 3.49. The van der Waals surface area contributed by atoms with Gasteiger partial charge in [-0.1, -0.05) is 26.0 Å². The van der Waals surface area contributed by atoms with Crippen molar-refractivity contribution >= 4 is 28.4 Å². The number of rotatable bonds is 5. The zero-order valence-corrected chi connectivity index (χ0v) is 16.5. The Bertz CT molecular complexity index is 1030. The first-order valence-electron chi connectivity index (χ1n) is 9.37. The van der Waals surface area contributed by atoms with Crippen molar-refractivity contribution < 1.29 is 9.53 Å². The fourth-order valence-corrected chi connectivity index (χ4v) is 3.49. The van der Waals surface area contributed by atoms with E-state index in [9.17, 15) is 4.79 Å². The first-order chi connectivity index (χ1) is 13.5. The molecule has 3 aromatic rings. The van der Waals surface area contributed by atoms with E-state index in [0.717, 1.165) is 28.4 Å². The molecule has 1 N–H and O–H groups in total. The number of para-hydroxylation sites is 2. The Labute approximate surface area is 163 Å². The second-order valence-corrected chi connectivity index (χ2v) is 7.31. The van der Waals surface area contributed by atoms with Crippen LogP contribution in [-0.2, 0) is 11.8 Å². The van der Waals surface area contributed by atoms with Gasteiger partial charge in [-0.15, -0.1) is 0 Å². The van der Waals surface area contributed by atoms with Crippen molar-refractivity contribution in [1.29, 1.82) is 0 Å². The number of hydrogen-bond acceptors (Lipinski definition) is 6. The fraction of sp³-hybridized carbons (Fsp3) is 0.400. The van der Waals surface area contributed by atoms with Crippen LogP contribution >= 0.6 is 0 Å². The van der Waals surface area contributed by atoms with E-state index in [0.29, 0.717) is 18.7 Å². The maximum atomic E-state index is 12.7. The molecule has 0 spiro atoms. The van der Waals surface area contributed by atoms with Gasteiger partial charge in [-0.2, -0.15) is 5.10 Å². The Morgan fingerprint density at radius 3 is 2.79 bits per heavy atom. The number of aryl methyl sites for hydroxylation is 1. The Kier molecular flexibility index (Phi) is 4.62. The summed E-state index contributed by atoms with van der Waals surface area (Å²) in [7, 11) is 3.48. The van der Waals surface area contributed by atoms with Gasteiger partial charge in [-0.3, -0.25) is 9.48 Å². The van der Waals surface area contributed by atoms with E-state index in [1.165, 1.54) is 0 Å². The third-order valence-corrected chi connectivity index (χ3v) is 4.97. The van der Waals surface area contributed by atoms with Gasteiger partial charge in [0.05, 0.1) is 30.4 Å². The molecule has 0 unspecified atom stereocenters. The molecule has 0 saturated carbocycles. The number of ether oxygens (including phenoxy) is 1. The number of carbonyl (C=O) groups excluding carboxylic acids is 1. The zero-order valence-electron chi connectivity index (χ0n) is 16.5. The molecule has 0 aliphatic carbocycles. The van der Waals surface area contributed by atoms with Crippen LogP contribution in [0.15, 0.2) is 30.5 Å². The highest BCUT2D eigenvalue weighted by atomic mass is 16.5. The largest absolute Gasteiger partial charge is 0.495 e. The monoisotopic (exact) mass is 380 g/mol. The van der Waals surface area contributed by atoms with Gasteiger partial charge in [0.25, 0.3) is 0 Å². The minimum Gasteiger partial charge on any atom is -0.495 e. The minimum absolute atomic E-state index is 0.0579. The molecule has 2 aromatic heterocycles. The average molecular weight is 380 g/mol. The molecule has 1 aliphatic rings. The molecule has 4 rings (SSSR count). The molecule has 1 fully saturated rings. The van der Waals surface area contributed by atoms with Crippen molar-refractivity contribution in [3.05, 3.63) is 36.3 Å². The van der Waals surface area contributed by atoms with Crippen LogP contribution in [0.5, 0.6) is 5.75 Å². The number of amides is 1. The molecule has 8 heteroatoms. The molecular formula is C20H24N6O2. The van der Waals surface area contributed by atoms with Crippen molar-refractivity contribution in [3.63, 3.8) is 0 Å². The van der Waals surface area contributed by atoms with Gasteiger partial charge in [0.2, 0.25) is 5.91 Å². The lowest BCUT2D eigenvalue weighted by Gasteiger charge is -2.20. The lowest BCUT2D eigenvalue weighted by atomic mass is 10.2. The summed E-state index contributed by atoms with van der Waals surface area (Å²) in [4.78, 5) is 23.8. The van der Waals surface area contributed by atoms with Crippen LogP contribution in [0.1, 0.15) is 32.0 Å². The predicted molar refractivity (Wildman–Crippen MR) is 108 cm³/mol. The zero-order chi connectivity index (χ0) is 19.8. The lowest BCUT2D eigenvalue weighted by molar-refractivity contribution is -0.117. The average Bonchev–Trinajstić information content (AvgIpc) is 3.24. The van der Waals surface area contributed by atoms with Gasteiger partial charge in [0, 0.05) is 25.9 Å². The minimum atomic E-state index is -0.0595. The predicted octanol–water partition coefficient (Wildman–Crippen LogP) is 2.71. The second-order valence-electron chi connectivity index (χ2n) is 7.31. The molecule has 0 radical (unpaired) electrons.